The van der Waals surface area contributed by atoms with Gasteiger partial charge in [0, 0.05) is 43.3 Å². The van der Waals surface area contributed by atoms with E-state index >= 15 is 0 Å². The number of halogens is 1. The Kier molecular flexibility index (Phi) is 118. The summed E-state index contributed by atoms with van der Waals surface area (Å²) in [5.74, 6) is 0. The Morgan fingerprint density at radius 2 is 1.25 bits per heavy atom. The fourth-order valence-electron chi connectivity index (χ4n) is 0. The monoisotopic (exact) mass is 224 g/mol. The molecule has 0 bridgehead atoms. The van der Waals surface area contributed by atoms with Gasteiger partial charge in [-0.15, -0.1) is 12.4 Å². The van der Waals surface area contributed by atoms with Gasteiger partial charge in [-0.2, -0.15) is 0 Å². The second-order valence-corrected chi connectivity index (χ2v) is 0. The molecular formula is H3CaClFeZr. The van der Waals surface area contributed by atoms with E-state index < -0.39 is 0 Å². The zero-order chi connectivity index (χ0) is 0. The summed E-state index contributed by atoms with van der Waals surface area (Å²) < 4.78 is 0. The van der Waals surface area contributed by atoms with Crippen LogP contribution in [0.25, 0.3) is 0 Å². The van der Waals surface area contributed by atoms with Gasteiger partial charge in [0.25, 0.3) is 0 Å². The first-order chi connectivity index (χ1) is 0. The Labute approximate surface area is 94.5 Å². The third kappa shape index (κ3) is 8.88. The first-order valence-corrected chi connectivity index (χ1v) is 0. The number of rotatable bonds is 0. The zero-order valence-electron chi connectivity index (χ0n) is 3.97. The Balaban J connectivity index is 0. The molecule has 0 aliphatic carbocycles. The maximum atomic E-state index is 0. The third-order valence-corrected chi connectivity index (χ3v) is 0. The second-order valence-electron chi connectivity index (χ2n) is 0. The molecule has 0 spiro atoms. The maximum absolute atomic E-state index is 0. The van der Waals surface area contributed by atoms with Crippen molar-refractivity contribution in [2.75, 3.05) is 0 Å². The zero-order valence-corrected chi connectivity index (χ0v) is 8.56. The molecule has 0 atom stereocenters. The van der Waals surface area contributed by atoms with Gasteiger partial charge in [0.1, 0.15) is 0 Å². The molecule has 0 N–H and O–H groups in total. The molecule has 0 aromatic carbocycles. The predicted octanol–water partition coefficient (Wildman–Crippen LogP) is 0.261. The number of hydrogen-bond acceptors (Lipinski definition) is 0. The Morgan fingerprint density at radius 3 is 1.25 bits per heavy atom. The summed E-state index contributed by atoms with van der Waals surface area (Å²) in [5, 5.41) is 0. The summed E-state index contributed by atoms with van der Waals surface area (Å²) in [6.45, 7) is 0. The van der Waals surface area contributed by atoms with Gasteiger partial charge in [-0.05, 0) is 0 Å². The van der Waals surface area contributed by atoms with Gasteiger partial charge in [-0.25, -0.2) is 0 Å². The van der Waals surface area contributed by atoms with Crippen molar-refractivity contribution >= 4 is 50.1 Å². The van der Waals surface area contributed by atoms with Crippen molar-refractivity contribution in [2.24, 2.45) is 0 Å². The van der Waals surface area contributed by atoms with Crippen LogP contribution in [0.4, 0.5) is 0 Å². The van der Waals surface area contributed by atoms with E-state index in [4.69, 9.17) is 0 Å². The SMILES string of the molecule is Cl.[Ca+2].[Fe].[H-].[H-].[Zr]. The molecule has 0 saturated carbocycles. The van der Waals surface area contributed by atoms with E-state index in [1.165, 1.54) is 0 Å². The summed E-state index contributed by atoms with van der Waals surface area (Å²) in [7, 11) is 0. The molecule has 4 heteroatoms. The van der Waals surface area contributed by atoms with E-state index in [1.54, 1.807) is 0 Å². The summed E-state index contributed by atoms with van der Waals surface area (Å²) in [6, 6.07) is 0. The maximum Gasteiger partial charge on any atom is 2.00 e. The van der Waals surface area contributed by atoms with Crippen LogP contribution in [0, 0.1) is 0 Å². The van der Waals surface area contributed by atoms with Crippen LogP contribution in [0.5, 0.6) is 0 Å². The average Bonchev–Trinajstić information content (AvgIpc) is 0. The molecule has 0 radical (unpaired) electrons. The first kappa shape index (κ1) is 28.3. The molecular weight excluding hydrogens is 223 g/mol. The van der Waals surface area contributed by atoms with Gasteiger partial charge >= 0.3 is 37.7 Å². The van der Waals surface area contributed by atoms with Crippen molar-refractivity contribution < 1.29 is 46.1 Å². The fourth-order valence-corrected chi connectivity index (χ4v) is 0. The van der Waals surface area contributed by atoms with Crippen LogP contribution < -0.4 is 0 Å². The van der Waals surface area contributed by atoms with E-state index in [0.717, 1.165) is 0 Å². The normalized spacial score (nSPS) is 0. The van der Waals surface area contributed by atoms with Crippen LogP contribution in [-0.4, -0.2) is 37.7 Å². The molecule has 0 aliphatic heterocycles. The standard InChI is InChI=1S/Ca.ClH.Fe.Zr.2H/h;1H;;;;/q+2;;;;2*-1. The Hall–Kier alpha value is 2.95. The molecule has 0 heterocycles. The van der Waals surface area contributed by atoms with Crippen molar-refractivity contribution in [2.45, 2.75) is 0 Å². The minimum Gasteiger partial charge on any atom is -1.00 e. The summed E-state index contributed by atoms with van der Waals surface area (Å²) in [6.07, 6.45) is 0. The molecule has 0 rings (SSSR count). The fraction of sp³-hybridized carbons (Fsp3) is 0. The van der Waals surface area contributed by atoms with Crippen LogP contribution in [0.2, 0.25) is 0 Å². The molecule has 0 aromatic rings. The quantitative estimate of drug-likeness (QED) is 0.519. The molecule has 4 heavy (non-hydrogen) atoms. The smallest absolute Gasteiger partial charge is 1.00 e. The van der Waals surface area contributed by atoms with Gasteiger partial charge in [0.05, 0.1) is 0 Å². The largest absolute Gasteiger partial charge is 2.00 e. The number of hydrogen-bond donors (Lipinski definition) is 0. The summed E-state index contributed by atoms with van der Waals surface area (Å²) in [4.78, 5) is 0. The van der Waals surface area contributed by atoms with Crippen molar-refractivity contribution in [3.63, 3.8) is 0 Å². The molecule has 0 amide bonds. The van der Waals surface area contributed by atoms with E-state index in [2.05, 4.69) is 0 Å². The van der Waals surface area contributed by atoms with Gasteiger partial charge in [-0.1, -0.05) is 0 Å². The van der Waals surface area contributed by atoms with Crippen molar-refractivity contribution in [3.8, 4) is 0 Å². The van der Waals surface area contributed by atoms with E-state index in [9.17, 15) is 0 Å². The van der Waals surface area contributed by atoms with Gasteiger partial charge in [0.15, 0.2) is 0 Å². The summed E-state index contributed by atoms with van der Waals surface area (Å²) >= 11 is 0. The van der Waals surface area contributed by atoms with E-state index in [0.29, 0.717) is 0 Å². The molecule has 0 saturated heterocycles. The van der Waals surface area contributed by atoms with Crippen LogP contribution in [0.3, 0.4) is 0 Å². The Morgan fingerprint density at radius 1 is 1.25 bits per heavy atom. The topological polar surface area (TPSA) is 0 Å². The molecule has 0 aromatic heterocycles. The van der Waals surface area contributed by atoms with Crippen LogP contribution in [-0.2, 0) is 43.3 Å². The van der Waals surface area contributed by atoms with Gasteiger partial charge < -0.3 is 2.85 Å². The average molecular weight is 226 g/mol. The van der Waals surface area contributed by atoms with E-state index in [1.807, 2.05) is 0 Å². The van der Waals surface area contributed by atoms with E-state index in [-0.39, 0.29) is 96.3 Å². The molecule has 24 valence electrons. The molecule has 0 nitrogen and oxygen atoms in total. The minimum atomic E-state index is 0. The van der Waals surface area contributed by atoms with Crippen molar-refractivity contribution in [1.82, 2.24) is 0 Å². The van der Waals surface area contributed by atoms with Crippen LogP contribution in [0.1, 0.15) is 2.85 Å². The molecule has 0 unspecified atom stereocenters. The first-order valence-electron chi connectivity index (χ1n) is 0. The predicted molar refractivity (Wildman–Crippen MR) is 15.2 cm³/mol. The van der Waals surface area contributed by atoms with Crippen LogP contribution >= 0.6 is 12.4 Å². The molecule has 0 aliphatic rings. The van der Waals surface area contributed by atoms with Crippen molar-refractivity contribution in [1.29, 1.82) is 0 Å². The summed E-state index contributed by atoms with van der Waals surface area (Å²) in [5.41, 5.74) is 0. The third-order valence-electron chi connectivity index (χ3n) is 0. The minimum absolute atomic E-state index is 0. The van der Waals surface area contributed by atoms with Gasteiger partial charge in [-0.3, -0.25) is 0 Å². The van der Waals surface area contributed by atoms with Gasteiger partial charge in [0.2, 0.25) is 0 Å². The molecule has 0 fully saturated rings. The van der Waals surface area contributed by atoms with Crippen LogP contribution in [0.15, 0.2) is 0 Å². The Bertz CT molecular complexity index is 13.5. The second kappa shape index (κ2) is 16.7. The van der Waals surface area contributed by atoms with Crippen molar-refractivity contribution in [3.05, 3.63) is 0 Å².